The van der Waals surface area contributed by atoms with Crippen LogP contribution >= 0.6 is 39.3 Å². The molecule has 0 radical (unpaired) electrons. The number of allylic oxidation sites excluding steroid dienone is 1. The predicted molar refractivity (Wildman–Crippen MR) is 160 cm³/mol. The molecule has 0 aliphatic heterocycles. The highest BCUT2D eigenvalue weighted by molar-refractivity contribution is 9.10. The van der Waals surface area contributed by atoms with Crippen molar-refractivity contribution in [3.63, 3.8) is 0 Å². The van der Waals surface area contributed by atoms with Gasteiger partial charge in [0.1, 0.15) is 12.4 Å². The molecule has 0 saturated heterocycles. The van der Waals surface area contributed by atoms with Crippen molar-refractivity contribution in [3.05, 3.63) is 112 Å². The Morgan fingerprint density at radius 2 is 1.87 bits per heavy atom. The monoisotopic (exact) mass is 624 g/mol. The fourth-order valence-electron chi connectivity index (χ4n) is 3.41. The van der Waals surface area contributed by atoms with Crippen LogP contribution in [0.5, 0.6) is 5.75 Å². The number of hydrogen-bond acceptors (Lipinski definition) is 7. The van der Waals surface area contributed by atoms with Gasteiger partial charge in [0, 0.05) is 27.3 Å². The summed E-state index contributed by atoms with van der Waals surface area (Å²) in [7, 11) is 0. The van der Waals surface area contributed by atoms with Crippen LogP contribution in [-0.4, -0.2) is 32.6 Å². The summed E-state index contributed by atoms with van der Waals surface area (Å²) in [5.74, 6) is 1.26. The quantitative estimate of drug-likeness (QED) is 0.0783. The molecule has 200 valence electrons. The molecular weight excluding hydrogens is 600 g/mol. The lowest BCUT2D eigenvalue weighted by atomic mass is 10.2. The average molecular weight is 626 g/mol. The number of rotatable bonds is 13. The zero-order valence-corrected chi connectivity index (χ0v) is 24.0. The fraction of sp³-hybridized carbons (Fsp3) is 0.143. The molecule has 0 unspecified atom stereocenters. The topological polar surface area (TPSA) is 93.4 Å². The Balaban J connectivity index is 1.29. The number of thioether (sulfide) groups is 1. The Labute approximate surface area is 244 Å². The Bertz CT molecular complexity index is 1430. The van der Waals surface area contributed by atoms with Crippen molar-refractivity contribution >= 4 is 57.1 Å². The number of carbonyl (C=O) groups excluding carboxylic acids is 1. The number of benzene rings is 3. The highest BCUT2D eigenvalue weighted by Crippen LogP contribution is 2.20. The zero-order valence-electron chi connectivity index (χ0n) is 20.9. The largest absolute Gasteiger partial charge is 0.488 e. The summed E-state index contributed by atoms with van der Waals surface area (Å²) in [5, 5.41) is 17.2. The van der Waals surface area contributed by atoms with Gasteiger partial charge in [-0.15, -0.1) is 16.8 Å². The molecule has 0 bridgehead atoms. The summed E-state index contributed by atoms with van der Waals surface area (Å²) in [5.41, 5.74) is 5.28. The first-order valence-corrected chi connectivity index (χ1v) is 14.1. The molecule has 0 saturated carbocycles. The second-order valence-corrected chi connectivity index (χ2v) is 10.5. The van der Waals surface area contributed by atoms with Gasteiger partial charge < -0.3 is 14.6 Å². The van der Waals surface area contributed by atoms with E-state index in [4.69, 9.17) is 16.3 Å². The lowest BCUT2D eigenvalue weighted by molar-refractivity contribution is -0.118. The van der Waals surface area contributed by atoms with E-state index in [-0.39, 0.29) is 11.7 Å². The maximum Gasteiger partial charge on any atom is 0.250 e. The van der Waals surface area contributed by atoms with Gasteiger partial charge in [-0.25, -0.2) is 5.43 Å². The van der Waals surface area contributed by atoms with Gasteiger partial charge in [-0.05, 0) is 54.1 Å². The standard InChI is InChI=1S/C28H26BrClN6O2S/c1-2-15-36-26(17-31-24-13-11-23(30)12-14-24)33-35-28(36)39-19-27(37)34-32-16-21-5-3-4-6-25(21)38-18-20-7-9-22(29)10-8-20/h2-14,16,31H,1,15,17-19H2,(H,34,37)/b32-16-. The normalized spacial score (nSPS) is 10.9. The van der Waals surface area contributed by atoms with Crippen LogP contribution in [0.2, 0.25) is 5.02 Å². The van der Waals surface area contributed by atoms with E-state index in [9.17, 15) is 4.79 Å². The van der Waals surface area contributed by atoms with Crippen molar-refractivity contribution in [3.8, 4) is 5.75 Å². The Kier molecular flexibility index (Phi) is 10.6. The summed E-state index contributed by atoms with van der Waals surface area (Å²) >= 11 is 10.7. The maximum absolute atomic E-state index is 12.5. The Morgan fingerprint density at radius 3 is 2.64 bits per heavy atom. The number of nitrogens with one attached hydrogen (secondary N) is 2. The predicted octanol–water partition coefficient (Wildman–Crippen LogP) is 6.31. The second-order valence-electron chi connectivity index (χ2n) is 8.19. The first-order valence-electron chi connectivity index (χ1n) is 11.9. The molecule has 2 N–H and O–H groups in total. The van der Waals surface area contributed by atoms with Crippen molar-refractivity contribution < 1.29 is 9.53 Å². The van der Waals surface area contributed by atoms with Crippen LogP contribution in [0, 0.1) is 0 Å². The molecule has 0 spiro atoms. The minimum absolute atomic E-state index is 0.124. The van der Waals surface area contributed by atoms with Gasteiger partial charge >= 0.3 is 0 Å². The Hall–Kier alpha value is -3.60. The van der Waals surface area contributed by atoms with E-state index in [1.807, 2.05) is 77.4 Å². The van der Waals surface area contributed by atoms with Gasteiger partial charge in [0.15, 0.2) is 11.0 Å². The van der Waals surface area contributed by atoms with E-state index in [1.54, 1.807) is 12.3 Å². The van der Waals surface area contributed by atoms with Gasteiger partial charge in [-0.2, -0.15) is 5.10 Å². The van der Waals surface area contributed by atoms with Crippen LogP contribution in [0.1, 0.15) is 17.0 Å². The molecule has 1 amide bonds. The lowest BCUT2D eigenvalue weighted by Gasteiger charge is -2.09. The van der Waals surface area contributed by atoms with E-state index >= 15 is 0 Å². The summed E-state index contributed by atoms with van der Waals surface area (Å²) in [6.45, 7) is 5.22. The summed E-state index contributed by atoms with van der Waals surface area (Å²) in [4.78, 5) is 12.5. The number of hydrogen-bond donors (Lipinski definition) is 2. The van der Waals surface area contributed by atoms with Crippen molar-refractivity contribution in [2.24, 2.45) is 5.10 Å². The van der Waals surface area contributed by atoms with Crippen LogP contribution in [0.25, 0.3) is 0 Å². The zero-order chi connectivity index (χ0) is 27.5. The highest BCUT2D eigenvalue weighted by Gasteiger charge is 2.13. The molecule has 11 heteroatoms. The van der Waals surface area contributed by atoms with E-state index in [2.05, 4.69) is 48.6 Å². The molecule has 8 nitrogen and oxygen atoms in total. The number of anilines is 1. The SMILES string of the molecule is C=CCn1c(CNc2ccc(Cl)cc2)nnc1SCC(=O)N/N=C\c1ccccc1OCc1ccc(Br)cc1. The number of para-hydroxylation sites is 1. The number of hydrazone groups is 1. The second kappa shape index (κ2) is 14.5. The summed E-state index contributed by atoms with van der Waals surface area (Å²) in [6.07, 6.45) is 3.33. The summed E-state index contributed by atoms with van der Waals surface area (Å²) in [6, 6.07) is 22.9. The molecule has 0 aliphatic rings. The minimum atomic E-state index is -0.265. The van der Waals surface area contributed by atoms with Gasteiger partial charge in [0.05, 0.1) is 18.5 Å². The third-order valence-electron chi connectivity index (χ3n) is 5.35. The van der Waals surface area contributed by atoms with E-state index in [0.29, 0.717) is 35.6 Å². The van der Waals surface area contributed by atoms with Gasteiger partial charge in [-0.1, -0.05) is 69.6 Å². The van der Waals surface area contributed by atoms with Gasteiger partial charge in [0.2, 0.25) is 0 Å². The first-order chi connectivity index (χ1) is 19.0. The van der Waals surface area contributed by atoms with Crippen LogP contribution < -0.4 is 15.5 Å². The van der Waals surface area contributed by atoms with Crippen LogP contribution in [0.3, 0.4) is 0 Å². The summed E-state index contributed by atoms with van der Waals surface area (Å²) < 4.78 is 8.88. The molecule has 4 aromatic rings. The van der Waals surface area contributed by atoms with Crippen molar-refractivity contribution in [1.29, 1.82) is 0 Å². The fourth-order valence-corrected chi connectivity index (χ4v) is 4.56. The Morgan fingerprint density at radius 1 is 1.10 bits per heavy atom. The molecule has 0 aliphatic carbocycles. The van der Waals surface area contributed by atoms with Gasteiger partial charge in [0.25, 0.3) is 5.91 Å². The molecule has 0 atom stereocenters. The van der Waals surface area contributed by atoms with Crippen molar-refractivity contribution in [1.82, 2.24) is 20.2 Å². The number of halogens is 2. The third-order valence-corrected chi connectivity index (χ3v) is 7.10. The molecule has 39 heavy (non-hydrogen) atoms. The van der Waals surface area contributed by atoms with Crippen LogP contribution in [0.15, 0.2) is 100 Å². The van der Waals surface area contributed by atoms with Crippen molar-refractivity contribution in [2.45, 2.75) is 24.9 Å². The lowest BCUT2D eigenvalue weighted by Crippen LogP contribution is -2.20. The number of carbonyl (C=O) groups is 1. The van der Waals surface area contributed by atoms with Gasteiger partial charge in [-0.3, -0.25) is 4.79 Å². The van der Waals surface area contributed by atoms with Crippen LogP contribution in [0.4, 0.5) is 5.69 Å². The molecule has 4 rings (SSSR count). The molecule has 1 heterocycles. The molecule has 3 aromatic carbocycles. The van der Waals surface area contributed by atoms with E-state index in [0.717, 1.165) is 27.1 Å². The third kappa shape index (κ3) is 8.71. The average Bonchev–Trinajstić information content (AvgIpc) is 3.33. The molecular formula is C28H26BrClN6O2S. The highest BCUT2D eigenvalue weighted by atomic mass is 79.9. The number of aromatic nitrogens is 3. The van der Waals surface area contributed by atoms with Crippen LogP contribution in [-0.2, 0) is 24.5 Å². The minimum Gasteiger partial charge on any atom is -0.488 e. The number of amides is 1. The smallest absolute Gasteiger partial charge is 0.250 e. The number of ether oxygens (including phenoxy) is 1. The van der Waals surface area contributed by atoms with E-state index in [1.165, 1.54) is 11.8 Å². The van der Waals surface area contributed by atoms with E-state index < -0.39 is 0 Å². The number of nitrogens with zero attached hydrogens (tertiary/aromatic N) is 4. The first kappa shape index (κ1) is 28.4. The van der Waals surface area contributed by atoms with Crippen molar-refractivity contribution in [2.75, 3.05) is 11.1 Å². The molecule has 0 fully saturated rings. The maximum atomic E-state index is 12.5. The molecule has 1 aromatic heterocycles.